The summed E-state index contributed by atoms with van der Waals surface area (Å²) >= 11 is 6.26. The number of halogens is 2. The Bertz CT molecular complexity index is 811. The Morgan fingerprint density at radius 1 is 1.14 bits per heavy atom. The molecule has 0 fully saturated rings. The fourth-order valence-corrected chi connectivity index (χ4v) is 2.53. The molecule has 0 radical (unpaired) electrons. The van der Waals surface area contributed by atoms with Crippen LogP contribution in [0.3, 0.4) is 0 Å². The highest BCUT2D eigenvalue weighted by molar-refractivity contribution is 6.33. The van der Waals surface area contributed by atoms with Crippen LogP contribution in [0.2, 0.25) is 5.02 Å². The molecule has 0 unspecified atom stereocenters. The average Bonchev–Trinajstić information content (AvgIpc) is 2.76. The monoisotopic (exact) mass is 301 g/mol. The van der Waals surface area contributed by atoms with Crippen LogP contribution in [-0.4, -0.2) is 9.78 Å². The van der Waals surface area contributed by atoms with E-state index in [9.17, 15) is 4.39 Å². The van der Waals surface area contributed by atoms with E-state index in [1.54, 1.807) is 29.9 Å². The third-order valence-corrected chi connectivity index (χ3v) is 3.66. The van der Waals surface area contributed by atoms with Crippen LogP contribution in [0.25, 0.3) is 22.4 Å². The molecule has 2 aromatic carbocycles. The number of nitrogens with two attached hydrogens (primary N) is 1. The smallest absolute Gasteiger partial charge is 0.129 e. The number of nitrogens with zero attached hydrogens (tertiary/aromatic N) is 2. The third kappa shape index (κ3) is 2.38. The van der Waals surface area contributed by atoms with E-state index in [1.165, 1.54) is 12.1 Å². The van der Waals surface area contributed by atoms with Gasteiger partial charge in [0.05, 0.1) is 5.56 Å². The molecular weight excluding hydrogens is 289 g/mol. The van der Waals surface area contributed by atoms with Gasteiger partial charge in [0.2, 0.25) is 0 Å². The molecule has 106 valence electrons. The molecule has 1 heterocycles. The summed E-state index contributed by atoms with van der Waals surface area (Å²) in [5.41, 5.74) is 8.90. The molecule has 0 amide bonds. The summed E-state index contributed by atoms with van der Waals surface area (Å²) in [4.78, 5) is 0. The van der Waals surface area contributed by atoms with E-state index >= 15 is 0 Å². The van der Waals surface area contributed by atoms with Crippen molar-refractivity contribution in [1.82, 2.24) is 9.78 Å². The number of hydrogen-bond acceptors (Lipinski definition) is 2. The zero-order valence-corrected chi connectivity index (χ0v) is 12.1. The number of aryl methyl sites for hydroxylation is 1. The minimum Gasteiger partial charge on any atom is -0.383 e. The van der Waals surface area contributed by atoms with Gasteiger partial charge in [-0.15, -0.1) is 0 Å². The summed E-state index contributed by atoms with van der Waals surface area (Å²) in [6, 6.07) is 13.7. The van der Waals surface area contributed by atoms with E-state index in [1.807, 2.05) is 18.2 Å². The van der Waals surface area contributed by atoms with Gasteiger partial charge in [-0.2, -0.15) is 5.10 Å². The molecule has 1 aromatic heterocycles. The van der Waals surface area contributed by atoms with Crippen molar-refractivity contribution in [2.24, 2.45) is 7.05 Å². The molecule has 0 bridgehead atoms. The fourth-order valence-electron chi connectivity index (χ4n) is 2.30. The molecule has 3 nitrogen and oxygen atoms in total. The van der Waals surface area contributed by atoms with Crippen molar-refractivity contribution in [3.05, 3.63) is 59.4 Å². The maximum absolute atomic E-state index is 13.5. The largest absolute Gasteiger partial charge is 0.383 e. The number of nitrogen functional groups attached to an aromatic ring is 1. The lowest BCUT2D eigenvalue weighted by Crippen LogP contribution is -1.98. The third-order valence-electron chi connectivity index (χ3n) is 3.33. The number of hydrogen-bond donors (Lipinski definition) is 1. The topological polar surface area (TPSA) is 43.8 Å². The van der Waals surface area contributed by atoms with Gasteiger partial charge in [0.25, 0.3) is 0 Å². The minimum atomic E-state index is -0.318. The first-order valence-electron chi connectivity index (χ1n) is 6.41. The predicted molar refractivity (Wildman–Crippen MR) is 83.5 cm³/mol. The van der Waals surface area contributed by atoms with Gasteiger partial charge >= 0.3 is 0 Å². The lowest BCUT2D eigenvalue weighted by molar-refractivity contribution is 0.628. The summed E-state index contributed by atoms with van der Waals surface area (Å²) in [6.45, 7) is 0. The maximum atomic E-state index is 13.5. The van der Waals surface area contributed by atoms with Crippen LogP contribution in [0.1, 0.15) is 0 Å². The molecule has 0 aliphatic rings. The minimum absolute atomic E-state index is 0.318. The van der Waals surface area contributed by atoms with Gasteiger partial charge in [-0.05, 0) is 18.2 Å². The lowest BCUT2D eigenvalue weighted by atomic mass is 10.0. The number of anilines is 1. The van der Waals surface area contributed by atoms with E-state index < -0.39 is 0 Å². The fraction of sp³-hybridized carbons (Fsp3) is 0.0625. The maximum Gasteiger partial charge on any atom is 0.129 e. The Labute approximate surface area is 126 Å². The molecule has 3 rings (SSSR count). The zero-order chi connectivity index (χ0) is 15.0. The van der Waals surface area contributed by atoms with Crippen molar-refractivity contribution in [3.63, 3.8) is 0 Å². The lowest BCUT2D eigenvalue weighted by Gasteiger charge is -2.06. The normalized spacial score (nSPS) is 10.8. The van der Waals surface area contributed by atoms with Crippen LogP contribution < -0.4 is 5.73 Å². The number of aromatic nitrogens is 2. The van der Waals surface area contributed by atoms with E-state index in [2.05, 4.69) is 5.10 Å². The summed E-state index contributed by atoms with van der Waals surface area (Å²) in [5, 5.41) is 4.98. The van der Waals surface area contributed by atoms with Gasteiger partial charge in [-0.25, -0.2) is 4.39 Å². The van der Waals surface area contributed by atoms with Crippen molar-refractivity contribution in [2.45, 2.75) is 0 Å². The Hall–Kier alpha value is -2.33. The second-order valence-corrected chi connectivity index (χ2v) is 5.13. The molecular formula is C16H13ClFN3. The highest BCUT2D eigenvalue weighted by Crippen LogP contribution is 2.39. The molecule has 0 saturated heterocycles. The van der Waals surface area contributed by atoms with Crippen molar-refractivity contribution in [2.75, 3.05) is 5.73 Å². The summed E-state index contributed by atoms with van der Waals surface area (Å²) in [5.74, 6) is 0.171. The summed E-state index contributed by atoms with van der Waals surface area (Å²) < 4.78 is 15.1. The van der Waals surface area contributed by atoms with Crippen LogP contribution in [-0.2, 0) is 7.05 Å². The van der Waals surface area contributed by atoms with Crippen molar-refractivity contribution < 1.29 is 4.39 Å². The van der Waals surface area contributed by atoms with E-state index in [4.69, 9.17) is 17.3 Å². The quantitative estimate of drug-likeness (QED) is 0.773. The molecule has 21 heavy (non-hydrogen) atoms. The van der Waals surface area contributed by atoms with Gasteiger partial charge in [0, 0.05) is 23.2 Å². The first-order valence-corrected chi connectivity index (χ1v) is 6.79. The first-order chi connectivity index (χ1) is 10.1. The van der Waals surface area contributed by atoms with Crippen LogP contribution >= 0.6 is 11.6 Å². The second kappa shape index (κ2) is 5.22. The highest BCUT2D eigenvalue weighted by atomic mass is 35.5. The second-order valence-electron chi connectivity index (χ2n) is 4.72. The SMILES string of the molecule is Cn1nc(-c2cccc(F)c2)c(-c2ccccc2Cl)c1N. The molecule has 0 saturated carbocycles. The summed E-state index contributed by atoms with van der Waals surface area (Å²) in [7, 11) is 1.75. The van der Waals surface area contributed by atoms with Gasteiger partial charge in [-0.1, -0.05) is 41.9 Å². The molecule has 0 aliphatic heterocycles. The number of rotatable bonds is 2. The summed E-state index contributed by atoms with van der Waals surface area (Å²) in [6.07, 6.45) is 0. The average molecular weight is 302 g/mol. The Morgan fingerprint density at radius 2 is 1.90 bits per heavy atom. The number of benzene rings is 2. The van der Waals surface area contributed by atoms with E-state index in [0.717, 1.165) is 5.56 Å². The van der Waals surface area contributed by atoms with E-state index in [0.29, 0.717) is 27.7 Å². The first kappa shape index (κ1) is 13.6. The van der Waals surface area contributed by atoms with Gasteiger partial charge in [0.1, 0.15) is 17.3 Å². The van der Waals surface area contributed by atoms with Crippen LogP contribution in [0, 0.1) is 5.82 Å². The van der Waals surface area contributed by atoms with Crippen LogP contribution in [0.15, 0.2) is 48.5 Å². The van der Waals surface area contributed by atoms with E-state index in [-0.39, 0.29) is 5.82 Å². The zero-order valence-electron chi connectivity index (χ0n) is 11.3. The highest BCUT2D eigenvalue weighted by Gasteiger charge is 2.19. The van der Waals surface area contributed by atoms with Crippen LogP contribution in [0.5, 0.6) is 0 Å². The standard InChI is InChI=1S/C16H13ClFN3/c1-21-16(19)14(12-7-2-3-8-13(12)17)15(20-21)10-5-4-6-11(18)9-10/h2-9H,19H2,1H3. The van der Waals surface area contributed by atoms with Gasteiger partial charge in [-0.3, -0.25) is 4.68 Å². The molecule has 0 spiro atoms. The Kier molecular flexibility index (Phi) is 3.39. The van der Waals surface area contributed by atoms with Crippen molar-refractivity contribution >= 4 is 17.4 Å². The predicted octanol–water partition coefficient (Wildman–Crippen LogP) is 4.13. The van der Waals surface area contributed by atoms with Crippen LogP contribution in [0.4, 0.5) is 10.2 Å². The van der Waals surface area contributed by atoms with Crippen molar-refractivity contribution in [1.29, 1.82) is 0 Å². The van der Waals surface area contributed by atoms with Gasteiger partial charge in [0.15, 0.2) is 0 Å². The molecule has 5 heteroatoms. The molecule has 2 N–H and O–H groups in total. The Morgan fingerprint density at radius 3 is 2.62 bits per heavy atom. The molecule has 0 atom stereocenters. The molecule has 3 aromatic rings. The Balaban J connectivity index is 2.29. The van der Waals surface area contributed by atoms with Gasteiger partial charge < -0.3 is 5.73 Å². The van der Waals surface area contributed by atoms with Crippen molar-refractivity contribution in [3.8, 4) is 22.4 Å². The molecule has 0 aliphatic carbocycles.